The van der Waals surface area contributed by atoms with Crippen molar-refractivity contribution in [1.29, 1.82) is 0 Å². The van der Waals surface area contributed by atoms with Gasteiger partial charge < -0.3 is 9.51 Å². The predicted molar refractivity (Wildman–Crippen MR) is 98.2 cm³/mol. The van der Waals surface area contributed by atoms with Crippen LogP contribution < -0.4 is 5.56 Å². The molecule has 0 aliphatic heterocycles. The molecule has 0 spiro atoms. The van der Waals surface area contributed by atoms with Gasteiger partial charge in [-0.1, -0.05) is 17.3 Å². The fourth-order valence-corrected chi connectivity index (χ4v) is 3.19. The third-order valence-electron chi connectivity index (χ3n) is 4.51. The maximum atomic E-state index is 12.6. The van der Waals surface area contributed by atoms with Gasteiger partial charge in [0.2, 0.25) is 0 Å². The molecule has 0 aliphatic carbocycles. The van der Waals surface area contributed by atoms with Gasteiger partial charge in [-0.3, -0.25) is 9.48 Å². The lowest BCUT2D eigenvalue weighted by Crippen LogP contribution is -2.14. The van der Waals surface area contributed by atoms with Crippen LogP contribution in [0.25, 0.3) is 39.3 Å². The van der Waals surface area contributed by atoms with Crippen LogP contribution in [0.3, 0.4) is 0 Å². The Hall–Kier alpha value is -3.75. The maximum Gasteiger partial charge on any atom is 0.274 e. The number of aromatic amines is 1. The molecule has 9 nitrogen and oxygen atoms in total. The van der Waals surface area contributed by atoms with Crippen molar-refractivity contribution in [3.05, 3.63) is 52.8 Å². The minimum Gasteiger partial charge on any atom is -0.339 e. The molecule has 0 radical (unpaired) electrons. The summed E-state index contributed by atoms with van der Waals surface area (Å²) < 4.78 is 8.43. The molecule has 1 N–H and O–H groups in total. The fourth-order valence-electron chi connectivity index (χ4n) is 3.19. The highest BCUT2D eigenvalue weighted by molar-refractivity contribution is 5.84. The second kappa shape index (κ2) is 5.63. The summed E-state index contributed by atoms with van der Waals surface area (Å²) in [4.78, 5) is 20.1. The molecular weight excluding hydrogens is 346 g/mol. The van der Waals surface area contributed by atoms with Gasteiger partial charge in [-0.05, 0) is 19.9 Å². The van der Waals surface area contributed by atoms with Crippen LogP contribution in [0, 0.1) is 6.92 Å². The van der Waals surface area contributed by atoms with Gasteiger partial charge in [0.15, 0.2) is 11.5 Å². The van der Waals surface area contributed by atoms with Crippen molar-refractivity contribution >= 4 is 16.6 Å². The number of hydrogen-bond acceptors (Lipinski definition) is 6. The van der Waals surface area contributed by atoms with E-state index in [0.717, 1.165) is 23.0 Å². The summed E-state index contributed by atoms with van der Waals surface area (Å²) in [7, 11) is 0. The summed E-state index contributed by atoms with van der Waals surface area (Å²) in [5.74, 6) is 0.830. The van der Waals surface area contributed by atoms with E-state index in [-0.39, 0.29) is 5.56 Å². The SMILES string of the molecule is CCn1ncc2ccc(-c3cc(=O)n4ncc(-c5nc(C)no5)c4[nH]3)cc21. The van der Waals surface area contributed by atoms with Crippen molar-refractivity contribution in [3.8, 4) is 22.7 Å². The number of aromatic nitrogens is 7. The first-order valence-electron chi connectivity index (χ1n) is 8.51. The van der Waals surface area contributed by atoms with Gasteiger partial charge in [0.25, 0.3) is 11.4 Å². The average molecular weight is 361 g/mol. The standard InChI is InChI=1S/C18H15N7O2/c1-3-24-15-6-11(4-5-12(15)8-19-24)14-7-16(26)25-17(22-14)13(9-20-25)18-21-10(2)23-27-18/h4-9,22H,3H2,1-2H3. The molecule has 4 heterocycles. The normalized spacial score (nSPS) is 11.6. The van der Waals surface area contributed by atoms with E-state index in [1.54, 1.807) is 13.1 Å². The highest BCUT2D eigenvalue weighted by Crippen LogP contribution is 2.25. The minimum absolute atomic E-state index is 0.245. The van der Waals surface area contributed by atoms with Crippen molar-refractivity contribution in [3.63, 3.8) is 0 Å². The second-order valence-electron chi connectivity index (χ2n) is 6.22. The molecule has 4 aromatic heterocycles. The van der Waals surface area contributed by atoms with Crippen molar-refractivity contribution < 1.29 is 4.52 Å². The summed E-state index contributed by atoms with van der Waals surface area (Å²) in [6.45, 7) is 4.54. The van der Waals surface area contributed by atoms with Gasteiger partial charge in [0.05, 0.1) is 23.6 Å². The molecule has 5 rings (SSSR count). The topological polar surface area (TPSA) is 107 Å². The number of hydrogen-bond donors (Lipinski definition) is 1. The van der Waals surface area contributed by atoms with E-state index < -0.39 is 0 Å². The molecular formula is C18H15N7O2. The number of nitrogens with one attached hydrogen (secondary N) is 1. The fraction of sp³-hybridized carbons (Fsp3) is 0.167. The number of nitrogens with zero attached hydrogens (tertiary/aromatic N) is 6. The van der Waals surface area contributed by atoms with Crippen LogP contribution in [-0.2, 0) is 6.54 Å². The molecule has 27 heavy (non-hydrogen) atoms. The zero-order valence-corrected chi connectivity index (χ0v) is 14.7. The Morgan fingerprint density at radius 1 is 1.19 bits per heavy atom. The van der Waals surface area contributed by atoms with E-state index in [4.69, 9.17) is 4.52 Å². The first-order valence-corrected chi connectivity index (χ1v) is 8.51. The molecule has 0 saturated heterocycles. The molecule has 5 aromatic rings. The zero-order chi connectivity index (χ0) is 18.5. The van der Waals surface area contributed by atoms with E-state index in [9.17, 15) is 4.79 Å². The number of H-pyrrole nitrogens is 1. The minimum atomic E-state index is -0.245. The predicted octanol–water partition coefficient (Wildman–Crippen LogP) is 2.42. The van der Waals surface area contributed by atoms with Crippen LogP contribution in [-0.4, -0.2) is 34.5 Å². The first-order chi connectivity index (χ1) is 13.1. The first kappa shape index (κ1) is 15.5. The summed E-state index contributed by atoms with van der Waals surface area (Å²) >= 11 is 0. The Kier molecular flexibility index (Phi) is 3.23. The molecule has 0 amide bonds. The smallest absolute Gasteiger partial charge is 0.274 e. The third-order valence-corrected chi connectivity index (χ3v) is 4.51. The lowest BCUT2D eigenvalue weighted by molar-refractivity contribution is 0.426. The molecule has 0 saturated carbocycles. The van der Waals surface area contributed by atoms with Crippen LogP contribution in [0.4, 0.5) is 0 Å². The highest BCUT2D eigenvalue weighted by Gasteiger charge is 2.16. The Bertz CT molecular complexity index is 1360. The number of fused-ring (bicyclic) bond motifs is 2. The van der Waals surface area contributed by atoms with E-state index >= 15 is 0 Å². The van der Waals surface area contributed by atoms with Crippen LogP contribution in [0.1, 0.15) is 12.7 Å². The van der Waals surface area contributed by atoms with Gasteiger partial charge in [-0.25, -0.2) is 0 Å². The molecule has 0 fully saturated rings. The van der Waals surface area contributed by atoms with Gasteiger partial charge >= 0.3 is 0 Å². The molecule has 134 valence electrons. The van der Waals surface area contributed by atoms with E-state index in [1.165, 1.54) is 10.6 Å². The lowest BCUT2D eigenvalue weighted by atomic mass is 10.1. The van der Waals surface area contributed by atoms with Crippen LogP contribution >= 0.6 is 0 Å². The number of rotatable bonds is 3. The molecule has 0 atom stereocenters. The molecule has 0 aliphatic rings. The third kappa shape index (κ3) is 2.35. The van der Waals surface area contributed by atoms with E-state index in [1.807, 2.05) is 36.0 Å². The Morgan fingerprint density at radius 3 is 2.85 bits per heavy atom. The van der Waals surface area contributed by atoms with Crippen LogP contribution in [0.15, 0.2) is 46.0 Å². The quantitative estimate of drug-likeness (QED) is 0.529. The maximum absolute atomic E-state index is 12.6. The molecule has 1 aromatic carbocycles. The highest BCUT2D eigenvalue weighted by atomic mass is 16.5. The molecule has 9 heteroatoms. The van der Waals surface area contributed by atoms with Gasteiger partial charge in [0.1, 0.15) is 5.56 Å². The second-order valence-corrected chi connectivity index (χ2v) is 6.22. The average Bonchev–Trinajstić information content (AvgIpc) is 3.38. The summed E-state index contributed by atoms with van der Waals surface area (Å²) in [6, 6.07) is 7.49. The Labute approximate surface area is 152 Å². The lowest BCUT2D eigenvalue weighted by Gasteiger charge is -2.05. The van der Waals surface area contributed by atoms with E-state index in [0.29, 0.717) is 28.6 Å². The molecule has 0 bridgehead atoms. The largest absolute Gasteiger partial charge is 0.339 e. The summed E-state index contributed by atoms with van der Waals surface area (Å²) in [5, 5.41) is 13.4. The monoisotopic (exact) mass is 361 g/mol. The van der Waals surface area contributed by atoms with Crippen molar-refractivity contribution in [1.82, 2.24) is 34.5 Å². The van der Waals surface area contributed by atoms with Crippen molar-refractivity contribution in [2.75, 3.05) is 0 Å². The summed E-state index contributed by atoms with van der Waals surface area (Å²) in [6.07, 6.45) is 3.38. The van der Waals surface area contributed by atoms with Gasteiger partial charge in [0, 0.05) is 23.6 Å². The Morgan fingerprint density at radius 2 is 2.07 bits per heavy atom. The van der Waals surface area contributed by atoms with Gasteiger partial charge in [-0.15, -0.1) is 0 Å². The Balaban J connectivity index is 1.73. The van der Waals surface area contributed by atoms with Crippen molar-refractivity contribution in [2.24, 2.45) is 0 Å². The van der Waals surface area contributed by atoms with E-state index in [2.05, 4.69) is 25.3 Å². The van der Waals surface area contributed by atoms with Crippen LogP contribution in [0.2, 0.25) is 0 Å². The summed E-state index contributed by atoms with van der Waals surface area (Å²) in [5.41, 5.74) is 3.41. The van der Waals surface area contributed by atoms with Crippen molar-refractivity contribution in [2.45, 2.75) is 20.4 Å². The number of benzene rings is 1. The zero-order valence-electron chi connectivity index (χ0n) is 14.7. The van der Waals surface area contributed by atoms with Crippen LogP contribution in [0.5, 0.6) is 0 Å². The molecule has 0 unspecified atom stereocenters. The number of aryl methyl sites for hydroxylation is 2. The van der Waals surface area contributed by atoms with Gasteiger partial charge in [-0.2, -0.15) is 19.7 Å².